The summed E-state index contributed by atoms with van der Waals surface area (Å²) in [7, 11) is 0. The number of amides is 1. The molecule has 3 aromatic heterocycles. The lowest BCUT2D eigenvalue weighted by atomic mass is 10.3. The maximum absolute atomic E-state index is 12.4. The Hall–Kier alpha value is -3.13. The number of rotatable bonds is 5. The van der Waals surface area contributed by atoms with Crippen LogP contribution in [0, 0.1) is 0 Å². The Balaban J connectivity index is 1.52. The summed E-state index contributed by atoms with van der Waals surface area (Å²) in [6.07, 6.45) is 1.63. The van der Waals surface area contributed by atoms with Crippen LogP contribution in [0.4, 0.5) is 5.82 Å². The number of nitrogens with one attached hydrogen (secondary N) is 1. The number of carbonyl (C=O) groups is 1. The van der Waals surface area contributed by atoms with Gasteiger partial charge in [-0.2, -0.15) is 5.10 Å². The van der Waals surface area contributed by atoms with Crippen molar-refractivity contribution in [3.05, 3.63) is 69.5 Å². The molecule has 4 rings (SSSR count). The second-order valence-electron chi connectivity index (χ2n) is 5.42. The molecular weight excluding hydrogens is 340 g/mol. The van der Waals surface area contributed by atoms with Gasteiger partial charge in [-0.3, -0.25) is 9.36 Å². The molecule has 1 amide bonds. The number of oxazole rings is 1. The van der Waals surface area contributed by atoms with Crippen LogP contribution in [0.3, 0.4) is 0 Å². The maximum atomic E-state index is 12.4. The average molecular weight is 354 g/mol. The number of nitrogens with zero attached hydrogens (tertiary/aromatic N) is 3. The Bertz CT molecular complexity index is 1070. The molecule has 0 radical (unpaired) electrons. The fraction of sp³-hybridized carbons (Fsp3) is 0.118. The molecule has 25 heavy (non-hydrogen) atoms. The fourth-order valence-electron chi connectivity index (χ4n) is 2.60. The zero-order valence-corrected chi connectivity index (χ0v) is 13.9. The summed E-state index contributed by atoms with van der Waals surface area (Å²) < 4.78 is 8.16. The standard InChI is InChI=1S/C17H14N4O3S/c22-16(11-20-13-5-1-2-6-14(13)24-17(20)23)19-15-7-8-18-21(15)10-12-4-3-9-25-12/h1-9H,10-11H2,(H,19,22). The molecule has 1 aromatic carbocycles. The van der Waals surface area contributed by atoms with Crippen LogP contribution in [0.1, 0.15) is 4.88 Å². The van der Waals surface area contributed by atoms with Crippen LogP contribution in [-0.4, -0.2) is 20.3 Å². The van der Waals surface area contributed by atoms with Crippen LogP contribution < -0.4 is 11.1 Å². The van der Waals surface area contributed by atoms with Crippen molar-refractivity contribution in [2.24, 2.45) is 0 Å². The van der Waals surface area contributed by atoms with Crippen molar-refractivity contribution in [3.63, 3.8) is 0 Å². The minimum atomic E-state index is -0.552. The summed E-state index contributed by atoms with van der Waals surface area (Å²) in [5.74, 6) is -0.288. The molecular formula is C17H14N4O3S. The summed E-state index contributed by atoms with van der Waals surface area (Å²) in [5, 5.41) is 9.02. The van der Waals surface area contributed by atoms with Crippen molar-refractivity contribution in [1.82, 2.24) is 14.3 Å². The lowest BCUT2D eigenvalue weighted by Crippen LogP contribution is -2.25. The topological polar surface area (TPSA) is 82.1 Å². The van der Waals surface area contributed by atoms with Crippen molar-refractivity contribution in [1.29, 1.82) is 0 Å². The summed E-state index contributed by atoms with van der Waals surface area (Å²) in [5.41, 5.74) is 1.05. The zero-order chi connectivity index (χ0) is 17.2. The van der Waals surface area contributed by atoms with E-state index in [1.807, 2.05) is 17.5 Å². The highest BCUT2D eigenvalue weighted by Crippen LogP contribution is 2.15. The summed E-state index contributed by atoms with van der Waals surface area (Å²) in [4.78, 5) is 25.5. The molecule has 0 bridgehead atoms. The fourth-order valence-corrected chi connectivity index (χ4v) is 3.29. The Kier molecular flexibility index (Phi) is 3.95. The molecule has 3 heterocycles. The third-order valence-electron chi connectivity index (χ3n) is 3.75. The molecule has 0 saturated heterocycles. The first kappa shape index (κ1) is 15.4. The highest BCUT2D eigenvalue weighted by molar-refractivity contribution is 7.09. The van der Waals surface area contributed by atoms with Crippen molar-refractivity contribution in [2.75, 3.05) is 5.32 Å². The molecule has 0 aliphatic heterocycles. The van der Waals surface area contributed by atoms with Gasteiger partial charge >= 0.3 is 5.76 Å². The van der Waals surface area contributed by atoms with Crippen molar-refractivity contribution >= 4 is 34.2 Å². The number of para-hydroxylation sites is 2. The van der Waals surface area contributed by atoms with E-state index < -0.39 is 5.76 Å². The van der Waals surface area contributed by atoms with Gasteiger partial charge < -0.3 is 9.73 Å². The molecule has 126 valence electrons. The lowest BCUT2D eigenvalue weighted by molar-refractivity contribution is -0.116. The number of hydrogen-bond donors (Lipinski definition) is 1. The van der Waals surface area contributed by atoms with E-state index in [0.29, 0.717) is 23.5 Å². The molecule has 0 atom stereocenters. The predicted molar refractivity (Wildman–Crippen MR) is 94.8 cm³/mol. The van der Waals surface area contributed by atoms with Crippen LogP contribution in [0.15, 0.2) is 63.3 Å². The van der Waals surface area contributed by atoms with Gasteiger partial charge in [0.25, 0.3) is 0 Å². The van der Waals surface area contributed by atoms with Crippen LogP contribution in [0.5, 0.6) is 0 Å². The van der Waals surface area contributed by atoms with Crippen LogP contribution >= 0.6 is 11.3 Å². The normalized spacial score (nSPS) is 11.0. The first-order valence-electron chi connectivity index (χ1n) is 7.63. The highest BCUT2D eigenvalue weighted by Gasteiger charge is 2.14. The van der Waals surface area contributed by atoms with Gasteiger partial charge in [-0.25, -0.2) is 9.48 Å². The summed E-state index contributed by atoms with van der Waals surface area (Å²) in [6.45, 7) is 0.453. The van der Waals surface area contributed by atoms with Gasteiger partial charge in [0.2, 0.25) is 5.91 Å². The Morgan fingerprint density at radius 3 is 2.92 bits per heavy atom. The monoisotopic (exact) mass is 354 g/mol. The molecule has 4 aromatic rings. The average Bonchev–Trinajstić information content (AvgIpc) is 3.32. The van der Waals surface area contributed by atoms with E-state index in [1.54, 1.807) is 52.5 Å². The van der Waals surface area contributed by atoms with E-state index in [4.69, 9.17) is 4.42 Å². The minimum absolute atomic E-state index is 0.125. The molecule has 0 unspecified atom stereocenters. The third-order valence-corrected chi connectivity index (χ3v) is 4.61. The van der Waals surface area contributed by atoms with Crippen molar-refractivity contribution in [3.8, 4) is 0 Å². The minimum Gasteiger partial charge on any atom is -0.408 e. The molecule has 0 spiro atoms. The molecule has 0 saturated carbocycles. The Labute approximate surface area is 146 Å². The number of thiophene rings is 1. The van der Waals surface area contributed by atoms with E-state index in [0.717, 1.165) is 4.88 Å². The molecule has 7 nitrogen and oxygen atoms in total. The third kappa shape index (κ3) is 3.11. The summed E-state index contributed by atoms with van der Waals surface area (Å²) in [6, 6.07) is 12.7. The van der Waals surface area contributed by atoms with E-state index in [2.05, 4.69) is 10.4 Å². The highest BCUT2D eigenvalue weighted by atomic mass is 32.1. The van der Waals surface area contributed by atoms with Crippen LogP contribution in [0.25, 0.3) is 11.1 Å². The predicted octanol–water partition coefficient (Wildman–Crippen LogP) is 2.54. The second-order valence-corrected chi connectivity index (χ2v) is 6.46. The SMILES string of the molecule is O=C(Cn1c(=O)oc2ccccc21)Nc1ccnn1Cc1cccs1. The van der Waals surface area contributed by atoms with Gasteiger partial charge in [-0.05, 0) is 23.6 Å². The van der Waals surface area contributed by atoms with Gasteiger partial charge in [-0.1, -0.05) is 18.2 Å². The Morgan fingerprint density at radius 2 is 2.08 bits per heavy atom. The number of anilines is 1. The Morgan fingerprint density at radius 1 is 1.20 bits per heavy atom. The van der Waals surface area contributed by atoms with Gasteiger partial charge in [0.1, 0.15) is 12.4 Å². The molecule has 0 aliphatic carbocycles. The quantitative estimate of drug-likeness (QED) is 0.597. The first-order chi connectivity index (χ1) is 12.2. The summed E-state index contributed by atoms with van der Waals surface area (Å²) >= 11 is 1.62. The van der Waals surface area contributed by atoms with Crippen molar-refractivity contribution in [2.45, 2.75) is 13.1 Å². The largest absolute Gasteiger partial charge is 0.420 e. The zero-order valence-electron chi connectivity index (χ0n) is 13.1. The number of hydrogen-bond acceptors (Lipinski definition) is 5. The van der Waals surface area contributed by atoms with E-state index in [-0.39, 0.29) is 12.5 Å². The van der Waals surface area contributed by atoms with Gasteiger partial charge in [0, 0.05) is 10.9 Å². The number of fused-ring (bicyclic) bond motifs is 1. The smallest absolute Gasteiger partial charge is 0.408 e. The second kappa shape index (κ2) is 6.40. The molecule has 1 N–H and O–H groups in total. The van der Waals surface area contributed by atoms with Gasteiger partial charge in [0.05, 0.1) is 18.3 Å². The van der Waals surface area contributed by atoms with E-state index in [1.165, 1.54) is 4.57 Å². The van der Waals surface area contributed by atoms with Crippen LogP contribution in [-0.2, 0) is 17.9 Å². The van der Waals surface area contributed by atoms with Gasteiger partial charge in [0.15, 0.2) is 5.58 Å². The number of aromatic nitrogens is 3. The molecule has 8 heteroatoms. The number of carbonyl (C=O) groups excluding carboxylic acids is 1. The van der Waals surface area contributed by atoms with Gasteiger partial charge in [-0.15, -0.1) is 11.3 Å². The molecule has 0 aliphatic rings. The van der Waals surface area contributed by atoms with E-state index >= 15 is 0 Å². The lowest BCUT2D eigenvalue weighted by Gasteiger charge is -2.08. The van der Waals surface area contributed by atoms with E-state index in [9.17, 15) is 9.59 Å². The molecule has 0 fully saturated rings. The maximum Gasteiger partial charge on any atom is 0.420 e. The van der Waals surface area contributed by atoms with Crippen molar-refractivity contribution < 1.29 is 9.21 Å². The van der Waals surface area contributed by atoms with Crippen LogP contribution in [0.2, 0.25) is 0 Å². The first-order valence-corrected chi connectivity index (χ1v) is 8.51. The number of benzene rings is 1.